The molecule has 34 heavy (non-hydrogen) atoms. The van der Waals surface area contributed by atoms with Crippen molar-refractivity contribution in [1.82, 2.24) is 4.31 Å². The number of ether oxygens (including phenoxy) is 3. The van der Waals surface area contributed by atoms with E-state index in [0.29, 0.717) is 25.2 Å². The highest BCUT2D eigenvalue weighted by Gasteiger charge is 2.29. The molecule has 0 radical (unpaired) electrons. The second-order valence-corrected chi connectivity index (χ2v) is 9.34. The minimum atomic E-state index is -3.83. The standard InChI is InChI=1S/C23H26N2O8S/c1-4-15-5-6-16(14-20(15)34(29,30)25-7-9-33-10-8-25)21(26)24-19-12-17(22(27)31-2)11-18(13-19)23(28)32-3/h5-6,11-14H,4,7-10H2,1-3H3,(H,24,26). The largest absolute Gasteiger partial charge is 0.465 e. The number of carbonyl (C=O) groups excluding carboxylic acids is 3. The molecule has 10 nitrogen and oxygen atoms in total. The molecule has 0 saturated carbocycles. The maximum Gasteiger partial charge on any atom is 0.337 e. The number of methoxy groups -OCH3 is 2. The van der Waals surface area contributed by atoms with Crippen LogP contribution in [0.2, 0.25) is 0 Å². The molecule has 1 fully saturated rings. The third-order valence-electron chi connectivity index (χ3n) is 5.33. The molecular formula is C23H26N2O8S. The Morgan fingerprint density at radius 3 is 2.06 bits per heavy atom. The van der Waals surface area contributed by atoms with Crippen molar-refractivity contribution in [2.75, 3.05) is 45.8 Å². The van der Waals surface area contributed by atoms with Crippen molar-refractivity contribution in [3.05, 3.63) is 58.7 Å². The van der Waals surface area contributed by atoms with Gasteiger partial charge in [0.2, 0.25) is 10.0 Å². The molecule has 11 heteroatoms. The number of rotatable bonds is 7. The third-order valence-corrected chi connectivity index (χ3v) is 7.31. The number of nitrogens with one attached hydrogen (secondary N) is 1. The van der Waals surface area contributed by atoms with Crippen LogP contribution in [0.25, 0.3) is 0 Å². The normalized spacial score (nSPS) is 14.3. The fourth-order valence-corrected chi connectivity index (χ4v) is 5.26. The Bertz CT molecular complexity index is 1170. The van der Waals surface area contributed by atoms with Crippen LogP contribution in [-0.2, 0) is 30.7 Å². The molecule has 1 heterocycles. The van der Waals surface area contributed by atoms with Gasteiger partial charge in [-0.25, -0.2) is 18.0 Å². The van der Waals surface area contributed by atoms with Gasteiger partial charge in [-0.3, -0.25) is 4.79 Å². The Kier molecular flexibility index (Phi) is 8.02. The first-order valence-electron chi connectivity index (χ1n) is 10.5. The molecule has 3 rings (SSSR count). The van der Waals surface area contributed by atoms with Crippen molar-refractivity contribution in [3.63, 3.8) is 0 Å². The molecule has 1 saturated heterocycles. The van der Waals surface area contributed by atoms with Crippen LogP contribution in [0, 0.1) is 0 Å². The number of nitrogens with zero attached hydrogens (tertiary/aromatic N) is 1. The summed E-state index contributed by atoms with van der Waals surface area (Å²) < 4.78 is 42.5. The van der Waals surface area contributed by atoms with Gasteiger partial charge in [0.05, 0.1) is 43.5 Å². The summed E-state index contributed by atoms with van der Waals surface area (Å²) in [7, 11) is -1.44. The van der Waals surface area contributed by atoms with Gasteiger partial charge in [0.1, 0.15) is 0 Å². The Labute approximate surface area is 197 Å². The van der Waals surface area contributed by atoms with Crippen LogP contribution >= 0.6 is 0 Å². The third kappa shape index (κ3) is 5.44. The van der Waals surface area contributed by atoms with E-state index in [2.05, 4.69) is 5.32 Å². The van der Waals surface area contributed by atoms with Crippen LogP contribution in [0.5, 0.6) is 0 Å². The lowest BCUT2D eigenvalue weighted by atomic mass is 10.1. The molecule has 0 atom stereocenters. The van der Waals surface area contributed by atoms with E-state index in [-0.39, 0.29) is 40.4 Å². The number of benzene rings is 2. The topological polar surface area (TPSA) is 128 Å². The molecule has 0 spiro atoms. The van der Waals surface area contributed by atoms with Crippen LogP contribution in [0.15, 0.2) is 41.3 Å². The monoisotopic (exact) mass is 490 g/mol. The van der Waals surface area contributed by atoms with Crippen molar-refractivity contribution >= 4 is 33.6 Å². The van der Waals surface area contributed by atoms with Crippen molar-refractivity contribution in [3.8, 4) is 0 Å². The first kappa shape index (κ1) is 25.3. The molecule has 1 N–H and O–H groups in total. The number of hydrogen-bond donors (Lipinski definition) is 1. The molecule has 2 aromatic rings. The number of aryl methyl sites for hydroxylation is 1. The van der Waals surface area contributed by atoms with Gasteiger partial charge in [0.25, 0.3) is 5.91 Å². The van der Waals surface area contributed by atoms with Crippen molar-refractivity contribution in [1.29, 1.82) is 0 Å². The van der Waals surface area contributed by atoms with E-state index in [9.17, 15) is 22.8 Å². The highest BCUT2D eigenvalue weighted by atomic mass is 32.2. The first-order chi connectivity index (χ1) is 16.2. The van der Waals surface area contributed by atoms with E-state index in [1.807, 2.05) is 6.92 Å². The highest BCUT2D eigenvalue weighted by molar-refractivity contribution is 7.89. The average molecular weight is 491 g/mol. The molecule has 0 bridgehead atoms. The summed E-state index contributed by atoms with van der Waals surface area (Å²) in [5.74, 6) is -2.02. The van der Waals surface area contributed by atoms with Gasteiger partial charge in [0.15, 0.2) is 0 Å². The molecule has 2 aromatic carbocycles. The van der Waals surface area contributed by atoms with Gasteiger partial charge in [-0.15, -0.1) is 0 Å². The van der Waals surface area contributed by atoms with E-state index in [1.165, 1.54) is 48.9 Å². The Morgan fingerprint density at radius 1 is 0.941 bits per heavy atom. The van der Waals surface area contributed by atoms with Crippen LogP contribution in [0.1, 0.15) is 43.6 Å². The molecule has 1 amide bonds. The quantitative estimate of drug-likeness (QED) is 0.585. The number of anilines is 1. The lowest BCUT2D eigenvalue weighted by molar-refractivity contribution is 0.0598. The fraction of sp³-hybridized carbons (Fsp3) is 0.348. The van der Waals surface area contributed by atoms with Crippen LogP contribution < -0.4 is 5.32 Å². The summed E-state index contributed by atoms with van der Waals surface area (Å²) in [6.07, 6.45) is 0.463. The van der Waals surface area contributed by atoms with E-state index < -0.39 is 27.9 Å². The zero-order valence-electron chi connectivity index (χ0n) is 19.1. The predicted octanol–water partition coefficient (Wildman–Crippen LogP) is 2.10. The van der Waals surface area contributed by atoms with Gasteiger partial charge in [-0.05, 0) is 42.3 Å². The SMILES string of the molecule is CCc1ccc(C(=O)Nc2cc(C(=O)OC)cc(C(=O)OC)c2)cc1S(=O)(=O)N1CCOCC1. The van der Waals surface area contributed by atoms with E-state index >= 15 is 0 Å². The van der Waals surface area contributed by atoms with Crippen molar-refractivity contribution < 1.29 is 37.0 Å². The Morgan fingerprint density at radius 2 is 1.53 bits per heavy atom. The average Bonchev–Trinajstić information content (AvgIpc) is 2.87. The maximum absolute atomic E-state index is 13.2. The van der Waals surface area contributed by atoms with Crippen LogP contribution in [-0.4, -0.2) is 71.1 Å². The summed E-state index contributed by atoms with van der Waals surface area (Å²) in [6, 6.07) is 8.45. The lowest BCUT2D eigenvalue weighted by Gasteiger charge is -2.27. The summed E-state index contributed by atoms with van der Waals surface area (Å²) in [6.45, 7) is 2.91. The van der Waals surface area contributed by atoms with Gasteiger partial charge >= 0.3 is 11.9 Å². The van der Waals surface area contributed by atoms with Crippen LogP contribution in [0.3, 0.4) is 0 Å². The maximum atomic E-state index is 13.2. The molecule has 182 valence electrons. The van der Waals surface area contributed by atoms with Gasteiger partial charge < -0.3 is 19.5 Å². The number of sulfonamides is 1. The lowest BCUT2D eigenvalue weighted by Crippen LogP contribution is -2.41. The smallest absolute Gasteiger partial charge is 0.337 e. The zero-order valence-corrected chi connectivity index (χ0v) is 19.9. The molecule has 1 aliphatic heterocycles. The number of morpholine rings is 1. The molecular weight excluding hydrogens is 464 g/mol. The summed E-state index contributed by atoms with van der Waals surface area (Å²) in [5.41, 5.74) is 0.913. The number of esters is 2. The molecule has 0 aromatic heterocycles. The number of carbonyl (C=O) groups is 3. The van der Waals surface area contributed by atoms with E-state index in [1.54, 1.807) is 6.07 Å². The zero-order chi connectivity index (χ0) is 24.9. The predicted molar refractivity (Wildman–Crippen MR) is 122 cm³/mol. The second-order valence-electron chi connectivity index (χ2n) is 7.43. The van der Waals surface area contributed by atoms with Crippen molar-refractivity contribution in [2.45, 2.75) is 18.2 Å². The van der Waals surface area contributed by atoms with E-state index in [0.717, 1.165) is 0 Å². The highest BCUT2D eigenvalue weighted by Crippen LogP contribution is 2.25. The Balaban J connectivity index is 1.96. The van der Waals surface area contributed by atoms with Gasteiger partial charge in [-0.2, -0.15) is 4.31 Å². The minimum absolute atomic E-state index is 0.0395. The number of hydrogen-bond acceptors (Lipinski definition) is 8. The van der Waals surface area contributed by atoms with Crippen LogP contribution in [0.4, 0.5) is 5.69 Å². The van der Waals surface area contributed by atoms with Gasteiger partial charge in [-0.1, -0.05) is 13.0 Å². The summed E-state index contributed by atoms with van der Waals surface area (Å²) in [5, 5.41) is 2.61. The van der Waals surface area contributed by atoms with Crippen molar-refractivity contribution in [2.24, 2.45) is 0 Å². The molecule has 0 aliphatic carbocycles. The minimum Gasteiger partial charge on any atom is -0.465 e. The molecule has 0 unspecified atom stereocenters. The second kappa shape index (κ2) is 10.8. The molecule has 1 aliphatic rings. The fourth-order valence-electron chi connectivity index (χ4n) is 3.53. The first-order valence-corrected chi connectivity index (χ1v) is 12.0. The van der Waals surface area contributed by atoms with E-state index in [4.69, 9.17) is 14.2 Å². The number of amides is 1. The van der Waals surface area contributed by atoms with Gasteiger partial charge in [0, 0.05) is 24.3 Å². The Hall–Kier alpha value is -3.28. The summed E-state index contributed by atoms with van der Waals surface area (Å²) >= 11 is 0. The summed E-state index contributed by atoms with van der Waals surface area (Å²) in [4.78, 5) is 37.0.